The highest BCUT2D eigenvalue weighted by Crippen LogP contribution is 2.28. The Hall–Kier alpha value is -1.67. The van der Waals surface area contributed by atoms with E-state index in [2.05, 4.69) is 15.0 Å². The molecule has 0 atom stereocenters. The third kappa shape index (κ3) is 5.41. The van der Waals surface area contributed by atoms with Crippen LogP contribution in [-0.2, 0) is 16.6 Å². The molecule has 1 aromatic heterocycles. The van der Waals surface area contributed by atoms with Crippen molar-refractivity contribution in [3.63, 3.8) is 0 Å². The summed E-state index contributed by atoms with van der Waals surface area (Å²) in [4.78, 5) is 16.3. The number of carbonyl (C=O) groups is 1. The summed E-state index contributed by atoms with van der Waals surface area (Å²) >= 11 is 12.1. The first kappa shape index (κ1) is 20.6. The minimum atomic E-state index is -3.86. The predicted molar refractivity (Wildman–Crippen MR) is 102 cm³/mol. The molecule has 2 N–H and O–H groups in total. The van der Waals surface area contributed by atoms with Crippen molar-refractivity contribution in [3.8, 4) is 0 Å². The lowest BCUT2D eigenvalue weighted by Crippen LogP contribution is -2.28. The first-order chi connectivity index (χ1) is 12.2. The fourth-order valence-electron chi connectivity index (χ4n) is 2.03. The van der Waals surface area contributed by atoms with Gasteiger partial charge in [-0.25, -0.2) is 13.1 Å². The summed E-state index contributed by atoms with van der Waals surface area (Å²) in [6.45, 7) is 4.19. The van der Waals surface area contributed by atoms with Gasteiger partial charge in [-0.05, 0) is 30.2 Å². The minimum Gasteiger partial charge on any atom is -0.346 e. The third-order valence-corrected chi connectivity index (χ3v) is 5.59. The van der Waals surface area contributed by atoms with Crippen molar-refractivity contribution in [2.75, 3.05) is 6.54 Å². The Labute approximate surface area is 163 Å². The second kappa shape index (κ2) is 8.81. The van der Waals surface area contributed by atoms with E-state index in [-0.39, 0.29) is 39.5 Å². The van der Waals surface area contributed by atoms with Crippen LogP contribution in [0.1, 0.15) is 29.9 Å². The average molecular weight is 416 g/mol. The Balaban J connectivity index is 2.25. The van der Waals surface area contributed by atoms with Crippen molar-refractivity contribution in [1.29, 1.82) is 0 Å². The summed E-state index contributed by atoms with van der Waals surface area (Å²) in [7, 11) is -3.86. The van der Waals surface area contributed by atoms with E-state index in [9.17, 15) is 13.2 Å². The molecule has 0 radical (unpaired) electrons. The summed E-state index contributed by atoms with van der Waals surface area (Å²) in [6, 6.07) is 7.76. The van der Waals surface area contributed by atoms with Gasteiger partial charge in [0.05, 0.1) is 27.8 Å². The van der Waals surface area contributed by atoms with Crippen molar-refractivity contribution in [1.82, 2.24) is 15.0 Å². The lowest BCUT2D eigenvalue weighted by Gasteiger charge is -2.13. The monoisotopic (exact) mass is 415 g/mol. The molecule has 0 bridgehead atoms. The van der Waals surface area contributed by atoms with Crippen molar-refractivity contribution in [2.24, 2.45) is 5.92 Å². The van der Waals surface area contributed by atoms with Crippen molar-refractivity contribution in [3.05, 3.63) is 57.8 Å². The lowest BCUT2D eigenvalue weighted by molar-refractivity contribution is 0.0950. The molecule has 0 saturated heterocycles. The quantitative estimate of drug-likeness (QED) is 0.725. The molecule has 0 aliphatic rings. The maximum absolute atomic E-state index is 12.4. The average Bonchev–Trinajstić information content (AvgIpc) is 2.59. The summed E-state index contributed by atoms with van der Waals surface area (Å²) in [5, 5.41) is 2.68. The first-order valence-corrected chi connectivity index (χ1v) is 10.1. The number of aromatic nitrogens is 1. The van der Waals surface area contributed by atoms with Crippen molar-refractivity contribution < 1.29 is 13.2 Å². The van der Waals surface area contributed by atoms with E-state index in [1.54, 1.807) is 24.4 Å². The molecule has 0 unspecified atom stereocenters. The van der Waals surface area contributed by atoms with Crippen LogP contribution in [0.4, 0.5) is 0 Å². The fraction of sp³-hybridized carbons (Fsp3) is 0.294. The normalized spacial score (nSPS) is 11.6. The number of amides is 1. The molecule has 2 rings (SSSR count). The van der Waals surface area contributed by atoms with Crippen LogP contribution < -0.4 is 10.0 Å². The van der Waals surface area contributed by atoms with Gasteiger partial charge < -0.3 is 5.32 Å². The first-order valence-electron chi connectivity index (χ1n) is 7.87. The van der Waals surface area contributed by atoms with Crippen LogP contribution in [0.25, 0.3) is 0 Å². The number of nitrogens with one attached hydrogen (secondary N) is 2. The van der Waals surface area contributed by atoms with Gasteiger partial charge in [0, 0.05) is 12.7 Å². The highest BCUT2D eigenvalue weighted by atomic mass is 35.5. The van der Waals surface area contributed by atoms with E-state index in [1.165, 1.54) is 12.1 Å². The number of halogens is 2. The number of carbonyl (C=O) groups excluding carboxylic acids is 1. The van der Waals surface area contributed by atoms with Gasteiger partial charge in [-0.2, -0.15) is 0 Å². The fourth-order valence-corrected chi connectivity index (χ4v) is 4.10. The molecule has 1 heterocycles. The maximum atomic E-state index is 12.4. The largest absolute Gasteiger partial charge is 0.346 e. The number of sulfonamides is 1. The number of hydrogen-bond donors (Lipinski definition) is 2. The molecule has 0 aliphatic carbocycles. The predicted octanol–water partition coefficient (Wildman–Crippen LogP) is 3.25. The van der Waals surface area contributed by atoms with E-state index < -0.39 is 15.9 Å². The van der Waals surface area contributed by atoms with Crippen LogP contribution in [-0.4, -0.2) is 25.9 Å². The van der Waals surface area contributed by atoms with Crippen LogP contribution in [0, 0.1) is 5.92 Å². The zero-order chi connectivity index (χ0) is 19.3. The van der Waals surface area contributed by atoms with E-state index >= 15 is 0 Å². The maximum Gasteiger partial charge on any atom is 0.253 e. The second-order valence-electron chi connectivity index (χ2n) is 6.01. The Morgan fingerprint density at radius 2 is 1.92 bits per heavy atom. The molecule has 140 valence electrons. The molecule has 9 heteroatoms. The number of pyridine rings is 1. The molecule has 1 amide bonds. The highest BCUT2D eigenvalue weighted by Gasteiger charge is 2.22. The SMILES string of the molecule is CC(C)CNS(=O)(=O)c1cc(C(=O)NCc2ccccn2)c(Cl)cc1Cl. The molecule has 0 saturated carbocycles. The zero-order valence-electron chi connectivity index (χ0n) is 14.3. The van der Waals surface area contributed by atoms with Gasteiger partial charge >= 0.3 is 0 Å². The van der Waals surface area contributed by atoms with Gasteiger partial charge in [0.25, 0.3) is 5.91 Å². The molecule has 0 fully saturated rings. The third-order valence-electron chi connectivity index (χ3n) is 3.39. The molecule has 0 spiro atoms. The smallest absolute Gasteiger partial charge is 0.253 e. The van der Waals surface area contributed by atoms with Gasteiger partial charge in [0.15, 0.2) is 0 Å². The Morgan fingerprint density at radius 1 is 1.19 bits per heavy atom. The van der Waals surface area contributed by atoms with E-state index in [0.29, 0.717) is 5.69 Å². The molecule has 0 aliphatic heterocycles. The van der Waals surface area contributed by atoms with Crippen molar-refractivity contribution in [2.45, 2.75) is 25.3 Å². The summed E-state index contributed by atoms with van der Waals surface area (Å²) in [5.74, 6) is -0.394. The molecule has 6 nitrogen and oxygen atoms in total. The zero-order valence-corrected chi connectivity index (χ0v) is 16.6. The molecular formula is C17H19Cl2N3O3S. The Morgan fingerprint density at radius 3 is 2.54 bits per heavy atom. The Kier molecular flexibility index (Phi) is 7.00. The highest BCUT2D eigenvalue weighted by molar-refractivity contribution is 7.89. The van der Waals surface area contributed by atoms with Gasteiger partial charge in [-0.3, -0.25) is 9.78 Å². The second-order valence-corrected chi connectivity index (χ2v) is 8.56. The van der Waals surface area contributed by atoms with E-state index in [0.717, 1.165) is 0 Å². The molecule has 2 aromatic rings. The van der Waals surface area contributed by atoms with Gasteiger partial charge in [-0.1, -0.05) is 43.1 Å². The van der Waals surface area contributed by atoms with Crippen LogP contribution >= 0.6 is 23.2 Å². The summed E-state index contributed by atoms with van der Waals surface area (Å²) < 4.78 is 27.3. The number of benzene rings is 1. The molecule has 26 heavy (non-hydrogen) atoms. The van der Waals surface area contributed by atoms with Crippen LogP contribution in [0.5, 0.6) is 0 Å². The standard InChI is InChI=1S/C17H19Cl2N3O3S/c1-11(2)9-22-26(24,25)16-7-13(14(18)8-15(16)19)17(23)21-10-12-5-3-4-6-20-12/h3-8,11,22H,9-10H2,1-2H3,(H,21,23). The molecule has 1 aromatic carbocycles. The van der Waals surface area contributed by atoms with Crippen LogP contribution in [0.15, 0.2) is 41.4 Å². The number of hydrogen-bond acceptors (Lipinski definition) is 4. The van der Waals surface area contributed by atoms with Crippen LogP contribution in [0.2, 0.25) is 10.0 Å². The Bertz CT molecular complexity index is 888. The lowest BCUT2D eigenvalue weighted by atomic mass is 10.2. The van der Waals surface area contributed by atoms with Gasteiger partial charge in [-0.15, -0.1) is 0 Å². The topological polar surface area (TPSA) is 88.2 Å². The van der Waals surface area contributed by atoms with E-state index in [4.69, 9.17) is 23.2 Å². The number of nitrogens with zero attached hydrogens (tertiary/aromatic N) is 1. The van der Waals surface area contributed by atoms with E-state index in [1.807, 2.05) is 13.8 Å². The van der Waals surface area contributed by atoms with Crippen LogP contribution in [0.3, 0.4) is 0 Å². The minimum absolute atomic E-state index is 0.0249. The van der Waals surface area contributed by atoms with Gasteiger partial charge in [0.1, 0.15) is 4.90 Å². The number of rotatable bonds is 7. The summed E-state index contributed by atoms with van der Waals surface area (Å²) in [6.07, 6.45) is 1.61. The van der Waals surface area contributed by atoms with Gasteiger partial charge in [0.2, 0.25) is 10.0 Å². The van der Waals surface area contributed by atoms with Crippen molar-refractivity contribution >= 4 is 39.1 Å². The summed E-state index contributed by atoms with van der Waals surface area (Å²) in [5.41, 5.74) is 0.689. The molecular weight excluding hydrogens is 397 g/mol.